The summed E-state index contributed by atoms with van der Waals surface area (Å²) in [6.45, 7) is 3.93. The van der Waals surface area contributed by atoms with Crippen molar-refractivity contribution in [1.82, 2.24) is 19.1 Å². The molecule has 4 N–H and O–H groups in total. The SMILES string of the molecule is CCCCc1nc(O)c(S(=O)(=O)c2ccc(-c3ccc(F)cc3)cc2)c(=O)n1-c1c(OC)cccc1OC.CCCCc1nc(O)c(S(=O)(=O)c2ccc(Br)cc2)c(=O)n1-c1c(OC)cccc1OC.OB(O)c1ccc(F)cc1. The Morgan fingerprint density at radius 3 is 1.18 bits per heavy atom. The van der Waals surface area contributed by atoms with E-state index < -0.39 is 59.5 Å². The maximum Gasteiger partial charge on any atom is 0.488 e. The maximum absolute atomic E-state index is 13.9. The second-order valence-corrected chi connectivity index (χ2v) is 22.0. The molecule has 0 radical (unpaired) electrons. The van der Waals surface area contributed by atoms with Crippen LogP contribution in [-0.4, -0.2) is 91.8 Å². The van der Waals surface area contributed by atoms with Gasteiger partial charge in [0.05, 0.1) is 38.2 Å². The van der Waals surface area contributed by atoms with Gasteiger partial charge in [-0.25, -0.2) is 25.6 Å². The Balaban J connectivity index is 0.000000222. The molecule has 0 fully saturated rings. The topological polar surface area (TPSA) is 256 Å². The average Bonchev–Trinajstić information content (AvgIpc) is 3.49. The van der Waals surface area contributed by atoms with Gasteiger partial charge in [0, 0.05) is 17.3 Å². The minimum atomic E-state index is -4.50. The van der Waals surface area contributed by atoms with Crippen LogP contribution in [-0.2, 0) is 32.5 Å². The molecule has 0 amide bonds. The largest absolute Gasteiger partial charge is 0.494 e. The van der Waals surface area contributed by atoms with Crippen molar-refractivity contribution in [2.45, 2.75) is 72.0 Å². The predicted octanol–water partition coefficient (Wildman–Crippen LogP) is 8.34. The van der Waals surface area contributed by atoms with Gasteiger partial charge < -0.3 is 39.2 Å². The highest BCUT2D eigenvalue weighted by Crippen LogP contribution is 2.37. The lowest BCUT2D eigenvalue weighted by molar-refractivity contribution is 0.386. The summed E-state index contributed by atoms with van der Waals surface area (Å²) in [6, 6.07) is 32.1. The van der Waals surface area contributed by atoms with Crippen LogP contribution in [0, 0.1) is 11.6 Å². The van der Waals surface area contributed by atoms with Crippen molar-refractivity contribution in [2.24, 2.45) is 0 Å². The van der Waals surface area contributed by atoms with Gasteiger partial charge in [-0.05, 0) is 114 Å². The van der Waals surface area contributed by atoms with Gasteiger partial charge in [-0.2, -0.15) is 9.97 Å². The fourth-order valence-electron chi connectivity index (χ4n) is 8.07. The molecule has 0 spiro atoms. The monoisotopic (exact) mass is 1200 g/mol. The fourth-order valence-corrected chi connectivity index (χ4v) is 11.0. The summed E-state index contributed by atoms with van der Waals surface area (Å²) in [5, 5.41) is 38.4. The molecule has 2 aromatic heterocycles. The zero-order valence-corrected chi connectivity index (χ0v) is 47.4. The van der Waals surface area contributed by atoms with E-state index in [1.54, 1.807) is 60.7 Å². The van der Waals surface area contributed by atoms with E-state index in [0.29, 0.717) is 58.2 Å². The van der Waals surface area contributed by atoms with Gasteiger partial charge in [0.25, 0.3) is 11.1 Å². The van der Waals surface area contributed by atoms with E-state index in [1.165, 1.54) is 101 Å². The molecule has 0 saturated carbocycles. The number of aromatic nitrogens is 4. The first-order valence-corrected chi connectivity index (χ1v) is 28.3. The molecule has 24 heteroatoms. The molecule has 0 bridgehead atoms. The molecule has 80 heavy (non-hydrogen) atoms. The van der Waals surface area contributed by atoms with Crippen LogP contribution in [0.1, 0.15) is 51.2 Å². The lowest BCUT2D eigenvalue weighted by atomic mass is 9.80. The molecule has 0 unspecified atom stereocenters. The van der Waals surface area contributed by atoms with Crippen molar-refractivity contribution >= 4 is 48.2 Å². The van der Waals surface area contributed by atoms with Crippen molar-refractivity contribution in [1.29, 1.82) is 0 Å². The third-order valence-corrected chi connectivity index (χ3v) is 16.2. The Labute approximate surface area is 469 Å². The molecule has 0 aliphatic carbocycles. The molecule has 18 nitrogen and oxygen atoms in total. The van der Waals surface area contributed by atoms with E-state index in [2.05, 4.69) is 25.9 Å². The number of aryl methyl sites for hydroxylation is 2. The number of benzene rings is 6. The number of methoxy groups -OCH3 is 4. The number of aromatic hydroxyl groups is 2. The van der Waals surface area contributed by atoms with Gasteiger partial charge in [0.15, 0.2) is 9.79 Å². The number of nitrogens with zero attached hydrogens (tertiary/aromatic N) is 4. The third-order valence-electron chi connectivity index (χ3n) is 12.1. The zero-order chi connectivity index (χ0) is 58.5. The second-order valence-electron chi connectivity index (χ2n) is 17.3. The van der Waals surface area contributed by atoms with Crippen LogP contribution in [0.15, 0.2) is 167 Å². The van der Waals surface area contributed by atoms with Crippen molar-refractivity contribution in [2.75, 3.05) is 28.4 Å². The lowest BCUT2D eigenvalue weighted by Gasteiger charge is -2.19. The van der Waals surface area contributed by atoms with Crippen LogP contribution in [0.4, 0.5) is 8.78 Å². The van der Waals surface area contributed by atoms with E-state index >= 15 is 0 Å². The van der Waals surface area contributed by atoms with Gasteiger partial charge in [-0.15, -0.1) is 0 Å². The number of hydrogen-bond donors (Lipinski definition) is 4. The minimum Gasteiger partial charge on any atom is -0.494 e. The fraction of sp³-hybridized carbons (Fsp3) is 0.214. The number of unbranched alkanes of at least 4 members (excludes halogenated alkanes) is 2. The van der Waals surface area contributed by atoms with E-state index in [1.807, 2.05) is 13.8 Å². The van der Waals surface area contributed by atoms with Crippen LogP contribution in [0.25, 0.3) is 22.5 Å². The summed E-state index contributed by atoms with van der Waals surface area (Å²) >= 11 is 3.25. The van der Waals surface area contributed by atoms with Crippen LogP contribution >= 0.6 is 15.9 Å². The second kappa shape index (κ2) is 27.3. The molecule has 0 aliphatic rings. The number of sulfone groups is 2. The number of ether oxygens (including phenoxy) is 4. The summed E-state index contributed by atoms with van der Waals surface area (Å²) in [6.07, 6.45) is 3.52. The molecule has 8 aromatic rings. The Morgan fingerprint density at radius 2 is 0.850 bits per heavy atom. The Morgan fingerprint density at radius 1 is 0.525 bits per heavy atom. The Bertz CT molecular complexity index is 3750. The summed E-state index contributed by atoms with van der Waals surface area (Å²) in [5.41, 5.74) is 0.116. The first-order valence-electron chi connectivity index (χ1n) is 24.5. The van der Waals surface area contributed by atoms with Crippen molar-refractivity contribution in [3.05, 3.63) is 182 Å². The molecule has 0 aliphatic heterocycles. The highest BCUT2D eigenvalue weighted by molar-refractivity contribution is 9.10. The molecule has 8 rings (SSSR count). The third kappa shape index (κ3) is 13.7. The lowest BCUT2D eigenvalue weighted by Crippen LogP contribution is -2.29. The Kier molecular flexibility index (Phi) is 20.9. The predicted molar refractivity (Wildman–Crippen MR) is 300 cm³/mol. The van der Waals surface area contributed by atoms with Crippen LogP contribution < -0.4 is 35.5 Å². The minimum absolute atomic E-state index is 0.144. The molecule has 6 aromatic carbocycles. The van der Waals surface area contributed by atoms with E-state index in [-0.39, 0.29) is 55.9 Å². The maximum atomic E-state index is 13.9. The summed E-state index contributed by atoms with van der Waals surface area (Å²) < 4.78 is 104. The summed E-state index contributed by atoms with van der Waals surface area (Å²) in [7, 11) is -4.68. The quantitative estimate of drug-likeness (QED) is 0.0589. The van der Waals surface area contributed by atoms with Crippen molar-refractivity contribution in [3.8, 4) is 57.3 Å². The van der Waals surface area contributed by atoms with Gasteiger partial charge in [-0.3, -0.25) is 18.7 Å². The molecule has 2 heterocycles. The normalized spacial score (nSPS) is 11.1. The summed E-state index contributed by atoms with van der Waals surface area (Å²) in [5.74, 6) is -0.997. The number of rotatable bonds is 18. The molecular weight excluding hydrogens is 1150 g/mol. The van der Waals surface area contributed by atoms with E-state index in [0.717, 1.165) is 22.0 Å². The molecule has 420 valence electrons. The Hall–Kier alpha value is -7.90. The van der Waals surface area contributed by atoms with E-state index in [4.69, 9.17) is 29.0 Å². The van der Waals surface area contributed by atoms with Crippen LogP contribution in [0.5, 0.6) is 34.8 Å². The van der Waals surface area contributed by atoms with Gasteiger partial charge in [0.2, 0.25) is 31.4 Å². The summed E-state index contributed by atoms with van der Waals surface area (Å²) in [4.78, 5) is 33.8. The first kappa shape index (κ1) is 61.3. The molecule has 0 saturated heterocycles. The van der Waals surface area contributed by atoms with Gasteiger partial charge in [-0.1, -0.05) is 91.1 Å². The van der Waals surface area contributed by atoms with Crippen molar-refractivity contribution < 1.29 is 64.8 Å². The smallest absolute Gasteiger partial charge is 0.488 e. The highest BCUT2D eigenvalue weighted by atomic mass is 79.9. The number of para-hydroxylation sites is 2. The highest BCUT2D eigenvalue weighted by Gasteiger charge is 2.33. The van der Waals surface area contributed by atoms with Crippen molar-refractivity contribution in [3.63, 3.8) is 0 Å². The van der Waals surface area contributed by atoms with Crippen LogP contribution in [0.3, 0.4) is 0 Å². The van der Waals surface area contributed by atoms with Gasteiger partial charge in [0.1, 0.15) is 57.7 Å². The zero-order valence-electron chi connectivity index (χ0n) is 44.1. The standard InChI is InChI=1S/C28H27FN2O6S.C22H23BrN2O6S.C6H6BFO2/c1-4-5-9-24-30-27(32)26(28(33)31(24)25-22(36-2)7-6-8-23(25)37-3)38(34,35)21-16-12-19(13-17-21)18-10-14-20(29)15-11-18;1-4-5-9-18-24-21(26)20(32(28,29)15-12-10-14(23)11-13-15)22(27)25(18)19-16(30-2)7-6-8-17(19)31-3;8-6-3-1-5(2-4-6)7(9)10/h6-8,10-17,32H,4-5,9H2,1-3H3;6-8,10-13,26H,4-5,9H2,1-3H3;1-4,9-10H. The number of halogens is 3. The molecular formula is C56H56BBrF2N4O14S2. The average molecular weight is 1200 g/mol. The van der Waals surface area contributed by atoms with E-state index in [9.17, 15) is 45.4 Å². The van der Waals surface area contributed by atoms with Gasteiger partial charge >= 0.3 is 7.12 Å². The number of hydrogen-bond acceptors (Lipinski definition) is 16. The molecule has 0 atom stereocenters. The first-order chi connectivity index (χ1) is 38.2. The van der Waals surface area contributed by atoms with Crippen LogP contribution in [0.2, 0.25) is 0 Å².